The second-order valence-corrected chi connectivity index (χ2v) is 6.94. The van der Waals surface area contributed by atoms with Crippen LogP contribution in [0, 0.1) is 13.8 Å². The van der Waals surface area contributed by atoms with Gasteiger partial charge in [0.25, 0.3) is 5.91 Å². The molecule has 2 aromatic rings. The van der Waals surface area contributed by atoms with Crippen LogP contribution in [0.3, 0.4) is 0 Å². The summed E-state index contributed by atoms with van der Waals surface area (Å²) >= 11 is 1.29. The molecule has 0 saturated heterocycles. The van der Waals surface area contributed by atoms with E-state index in [9.17, 15) is 14.4 Å². The van der Waals surface area contributed by atoms with Gasteiger partial charge in [0, 0.05) is 23.0 Å². The lowest BCUT2D eigenvalue weighted by atomic mass is 10.1. The third-order valence-corrected chi connectivity index (χ3v) is 4.67. The highest BCUT2D eigenvalue weighted by atomic mass is 32.1. The monoisotopic (exact) mass is 362 g/mol. The fourth-order valence-corrected chi connectivity index (χ4v) is 3.42. The Balaban J connectivity index is 1.86. The fourth-order valence-electron chi connectivity index (χ4n) is 2.78. The Bertz CT molecular complexity index is 775. The summed E-state index contributed by atoms with van der Waals surface area (Å²) in [6.07, 6.45) is 0. The topological polar surface area (TPSA) is 77.4 Å². The van der Waals surface area contributed by atoms with Crippen LogP contribution in [0.25, 0.3) is 0 Å². The van der Waals surface area contributed by atoms with Gasteiger partial charge in [-0.3, -0.25) is 14.4 Å². The molecule has 0 aliphatic rings. The van der Waals surface area contributed by atoms with E-state index >= 15 is 0 Å². The van der Waals surface area contributed by atoms with Crippen molar-refractivity contribution in [2.75, 3.05) is 13.2 Å². The SMILES string of the molecule is Cc1cc(C(=O)COC(=O)CNC(=O)c2cccs2)c(C)n1C(C)C. The minimum Gasteiger partial charge on any atom is -0.456 e. The lowest BCUT2D eigenvalue weighted by Gasteiger charge is -2.13. The molecular formula is C18H22N2O4S. The summed E-state index contributed by atoms with van der Waals surface area (Å²) in [5.41, 5.74) is 2.41. The highest BCUT2D eigenvalue weighted by Gasteiger charge is 2.18. The number of thiophene rings is 1. The first kappa shape index (κ1) is 18.9. The van der Waals surface area contributed by atoms with Gasteiger partial charge in [0.1, 0.15) is 6.54 Å². The highest BCUT2D eigenvalue weighted by molar-refractivity contribution is 7.12. The van der Waals surface area contributed by atoms with Crippen LogP contribution < -0.4 is 5.32 Å². The summed E-state index contributed by atoms with van der Waals surface area (Å²) in [6, 6.07) is 5.48. The molecule has 7 heteroatoms. The zero-order valence-electron chi connectivity index (χ0n) is 14.8. The first-order valence-corrected chi connectivity index (χ1v) is 8.88. The molecule has 0 spiro atoms. The summed E-state index contributed by atoms with van der Waals surface area (Å²) in [5, 5.41) is 4.25. The molecule has 1 amide bonds. The molecule has 0 saturated carbocycles. The fraction of sp³-hybridized carbons (Fsp3) is 0.389. The quantitative estimate of drug-likeness (QED) is 0.607. The molecule has 0 aromatic carbocycles. The van der Waals surface area contributed by atoms with Gasteiger partial charge in [0.2, 0.25) is 5.78 Å². The standard InChI is InChI=1S/C18H22N2O4S/c1-11(2)20-12(3)8-14(13(20)4)15(21)10-24-17(22)9-19-18(23)16-6-5-7-25-16/h5-8,11H,9-10H2,1-4H3,(H,19,23). The highest BCUT2D eigenvalue weighted by Crippen LogP contribution is 2.20. The van der Waals surface area contributed by atoms with Crippen molar-refractivity contribution in [3.63, 3.8) is 0 Å². The minimum absolute atomic E-state index is 0.247. The van der Waals surface area contributed by atoms with Crippen molar-refractivity contribution in [3.05, 3.63) is 45.4 Å². The predicted octanol–water partition coefficient (Wildman–Crippen LogP) is 2.90. The molecule has 0 fully saturated rings. The van der Waals surface area contributed by atoms with Crippen molar-refractivity contribution in [1.29, 1.82) is 0 Å². The maximum atomic E-state index is 12.3. The van der Waals surface area contributed by atoms with Gasteiger partial charge in [-0.05, 0) is 45.2 Å². The number of nitrogens with one attached hydrogen (secondary N) is 1. The van der Waals surface area contributed by atoms with Gasteiger partial charge in [-0.1, -0.05) is 6.07 Å². The van der Waals surface area contributed by atoms with E-state index in [2.05, 4.69) is 9.88 Å². The molecule has 0 unspecified atom stereocenters. The van der Waals surface area contributed by atoms with Gasteiger partial charge < -0.3 is 14.6 Å². The summed E-state index contributed by atoms with van der Waals surface area (Å²) in [6.45, 7) is 7.30. The molecule has 1 N–H and O–H groups in total. The number of Topliss-reactive ketones (excluding diaryl/α,β-unsaturated/α-hetero) is 1. The van der Waals surface area contributed by atoms with Crippen LogP contribution in [0.2, 0.25) is 0 Å². The maximum Gasteiger partial charge on any atom is 0.325 e. The number of rotatable bonds is 7. The van der Waals surface area contributed by atoms with E-state index in [1.807, 2.05) is 33.8 Å². The number of aromatic nitrogens is 1. The van der Waals surface area contributed by atoms with Gasteiger partial charge in [0.15, 0.2) is 6.61 Å². The lowest BCUT2D eigenvalue weighted by Crippen LogP contribution is -2.31. The average Bonchev–Trinajstić information content (AvgIpc) is 3.18. The van der Waals surface area contributed by atoms with Crippen LogP contribution in [0.1, 0.15) is 51.3 Å². The molecule has 0 aliphatic heterocycles. The van der Waals surface area contributed by atoms with E-state index in [4.69, 9.17) is 4.74 Å². The summed E-state index contributed by atoms with van der Waals surface area (Å²) in [4.78, 5) is 36.3. The molecule has 6 nitrogen and oxygen atoms in total. The first-order chi connectivity index (χ1) is 11.8. The Morgan fingerprint density at radius 2 is 2.00 bits per heavy atom. The van der Waals surface area contributed by atoms with Crippen LogP contribution in [0.15, 0.2) is 23.6 Å². The van der Waals surface area contributed by atoms with E-state index in [1.165, 1.54) is 11.3 Å². The van der Waals surface area contributed by atoms with Gasteiger partial charge >= 0.3 is 5.97 Å². The summed E-state index contributed by atoms with van der Waals surface area (Å²) < 4.78 is 7.05. The Kier molecular flexibility index (Phi) is 6.14. The van der Waals surface area contributed by atoms with Crippen molar-refractivity contribution in [1.82, 2.24) is 9.88 Å². The van der Waals surface area contributed by atoms with Gasteiger partial charge in [-0.2, -0.15) is 0 Å². The number of amides is 1. The smallest absolute Gasteiger partial charge is 0.325 e. The Labute approximate surface area is 150 Å². The number of ketones is 1. The largest absolute Gasteiger partial charge is 0.456 e. The minimum atomic E-state index is -0.643. The van der Waals surface area contributed by atoms with Crippen LogP contribution in [0.5, 0.6) is 0 Å². The number of carbonyl (C=O) groups is 3. The van der Waals surface area contributed by atoms with Crippen LogP contribution in [0.4, 0.5) is 0 Å². The normalized spacial score (nSPS) is 10.8. The Morgan fingerprint density at radius 3 is 2.56 bits per heavy atom. The number of hydrogen-bond donors (Lipinski definition) is 1. The zero-order valence-corrected chi connectivity index (χ0v) is 15.6. The molecule has 2 rings (SSSR count). The van der Waals surface area contributed by atoms with Crippen LogP contribution in [-0.2, 0) is 9.53 Å². The van der Waals surface area contributed by atoms with E-state index in [1.54, 1.807) is 17.5 Å². The molecule has 2 heterocycles. The number of ether oxygens (including phenoxy) is 1. The Morgan fingerprint density at radius 1 is 1.28 bits per heavy atom. The van der Waals surface area contributed by atoms with Crippen molar-refractivity contribution >= 4 is 29.0 Å². The summed E-state index contributed by atoms with van der Waals surface area (Å²) in [5.74, 6) is -1.23. The lowest BCUT2D eigenvalue weighted by molar-refractivity contribution is -0.141. The Hall–Kier alpha value is -2.41. The second-order valence-electron chi connectivity index (χ2n) is 5.99. The molecule has 0 radical (unpaired) electrons. The third kappa shape index (κ3) is 4.57. The van der Waals surface area contributed by atoms with Gasteiger partial charge in [-0.15, -0.1) is 11.3 Å². The van der Waals surface area contributed by atoms with Crippen LogP contribution >= 0.6 is 11.3 Å². The molecule has 25 heavy (non-hydrogen) atoms. The van der Waals surface area contributed by atoms with Crippen molar-refractivity contribution < 1.29 is 19.1 Å². The second kappa shape index (κ2) is 8.11. The van der Waals surface area contributed by atoms with E-state index < -0.39 is 5.97 Å². The molecule has 0 atom stereocenters. The van der Waals surface area contributed by atoms with E-state index in [-0.39, 0.29) is 30.9 Å². The number of aryl methyl sites for hydroxylation is 1. The third-order valence-electron chi connectivity index (χ3n) is 3.80. The maximum absolute atomic E-state index is 12.3. The van der Waals surface area contributed by atoms with Gasteiger partial charge in [0.05, 0.1) is 4.88 Å². The molecule has 0 bridgehead atoms. The average molecular weight is 362 g/mol. The zero-order chi connectivity index (χ0) is 18.6. The van der Waals surface area contributed by atoms with Crippen molar-refractivity contribution in [3.8, 4) is 0 Å². The van der Waals surface area contributed by atoms with E-state index in [0.29, 0.717) is 10.4 Å². The molecular weight excluding hydrogens is 340 g/mol. The van der Waals surface area contributed by atoms with Crippen LogP contribution in [-0.4, -0.2) is 35.4 Å². The number of nitrogens with zero attached hydrogens (tertiary/aromatic N) is 1. The van der Waals surface area contributed by atoms with Crippen molar-refractivity contribution in [2.24, 2.45) is 0 Å². The number of hydrogen-bond acceptors (Lipinski definition) is 5. The predicted molar refractivity (Wildman–Crippen MR) is 96.2 cm³/mol. The van der Waals surface area contributed by atoms with E-state index in [0.717, 1.165) is 11.4 Å². The molecule has 134 valence electrons. The van der Waals surface area contributed by atoms with Gasteiger partial charge in [-0.25, -0.2) is 0 Å². The number of esters is 1. The summed E-state index contributed by atoms with van der Waals surface area (Å²) in [7, 11) is 0. The first-order valence-electron chi connectivity index (χ1n) is 8.00. The molecule has 0 aliphatic carbocycles. The van der Waals surface area contributed by atoms with Crippen molar-refractivity contribution in [2.45, 2.75) is 33.7 Å². The number of carbonyl (C=O) groups excluding carboxylic acids is 3. The molecule has 2 aromatic heterocycles.